The minimum atomic E-state index is 0.641. The van der Waals surface area contributed by atoms with Crippen LogP contribution in [0.4, 0.5) is 0 Å². The first-order valence-electron chi connectivity index (χ1n) is 5.28. The Hall–Kier alpha value is -0.160. The largest absolute Gasteiger partial charge is 0.316 e. The van der Waals surface area contributed by atoms with Crippen molar-refractivity contribution in [3.63, 3.8) is 0 Å². The van der Waals surface area contributed by atoms with Gasteiger partial charge in [-0.1, -0.05) is 11.6 Å². The average molecular weight is 246 g/mol. The highest BCUT2D eigenvalue weighted by molar-refractivity contribution is 7.15. The molecule has 1 saturated heterocycles. The molecule has 5 heteroatoms. The third-order valence-corrected chi connectivity index (χ3v) is 3.92. The number of hydrogen-bond donors (Lipinski definition) is 1. The van der Waals surface area contributed by atoms with Gasteiger partial charge >= 0.3 is 0 Å². The third-order valence-electron chi connectivity index (χ3n) is 2.82. The van der Waals surface area contributed by atoms with Gasteiger partial charge < -0.3 is 5.32 Å². The van der Waals surface area contributed by atoms with E-state index in [-0.39, 0.29) is 0 Å². The lowest BCUT2D eigenvalue weighted by Gasteiger charge is -2.31. The van der Waals surface area contributed by atoms with Crippen molar-refractivity contribution in [2.24, 2.45) is 0 Å². The molecule has 1 aliphatic heterocycles. The van der Waals surface area contributed by atoms with Gasteiger partial charge in [-0.25, -0.2) is 4.98 Å². The van der Waals surface area contributed by atoms with Crippen LogP contribution in [0.3, 0.4) is 0 Å². The summed E-state index contributed by atoms with van der Waals surface area (Å²) in [6.07, 6.45) is 4.45. The van der Waals surface area contributed by atoms with Crippen LogP contribution in [0.25, 0.3) is 0 Å². The van der Waals surface area contributed by atoms with Crippen LogP contribution in [0.1, 0.15) is 17.7 Å². The summed E-state index contributed by atoms with van der Waals surface area (Å²) in [6, 6.07) is 0.641. The summed E-state index contributed by atoms with van der Waals surface area (Å²) < 4.78 is 0.646. The Morgan fingerprint density at radius 1 is 1.73 bits per heavy atom. The molecule has 0 radical (unpaired) electrons. The van der Waals surface area contributed by atoms with Crippen LogP contribution in [-0.4, -0.2) is 36.1 Å². The standard InChI is InChI=1S/C10H16ClN3S/c1-12-8-3-2-4-14(6-8)7-9-5-13-10(11)15-9/h5,8,12H,2-4,6-7H2,1H3/t8-/m0/s1. The Bertz CT molecular complexity index is 315. The molecule has 0 saturated carbocycles. The topological polar surface area (TPSA) is 28.2 Å². The van der Waals surface area contributed by atoms with Gasteiger partial charge in [0.1, 0.15) is 0 Å². The molecular weight excluding hydrogens is 230 g/mol. The summed E-state index contributed by atoms with van der Waals surface area (Å²) in [6.45, 7) is 3.31. The quantitative estimate of drug-likeness (QED) is 0.883. The molecule has 0 spiro atoms. The molecule has 15 heavy (non-hydrogen) atoms. The molecule has 1 fully saturated rings. The molecule has 1 aromatic rings. The molecule has 1 N–H and O–H groups in total. The lowest BCUT2D eigenvalue weighted by atomic mass is 10.1. The van der Waals surface area contributed by atoms with Gasteiger partial charge in [-0.05, 0) is 26.4 Å². The molecule has 0 bridgehead atoms. The van der Waals surface area contributed by atoms with Crippen LogP contribution in [0.5, 0.6) is 0 Å². The van der Waals surface area contributed by atoms with Crippen LogP contribution in [0.2, 0.25) is 4.47 Å². The summed E-state index contributed by atoms with van der Waals surface area (Å²) in [4.78, 5) is 7.79. The second kappa shape index (κ2) is 5.25. The highest BCUT2D eigenvalue weighted by Gasteiger charge is 2.18. The number of piperidine rings is 1. The van der Waals surface area contributed by atoms with E-state index in [1.54, 1.807) is 11.3 Å². The van der Waals surface area contributed by atoms with Crippen LogP contribution in [-0.2, 0) is 6.54 Å². The maximum Gasteiger partial charge on any atom is 0.183 e. The summed E-state index contributed by atoms with van der Waals surface area (Å²) in [5.74, 6) is 0. The second-order valence-electron chi connectivity index (χ2n) is 3.94. The van der Waals surface area contributed by atoms with Gasteiger partial charge in [0.25, 0.3) is 0 Å². The number of aromatic nitrogens is 1. The second-order valence-corrected chi connectivity index (χ2v) is 5.64. The van der Waals surface area contributed by atoms with Crippen LogP contribution in [0.15, 0.2) is 6.20 Å². The Morgan fingerprint density at radius 2 is 2.60 bits per heavy atom. The Balaban J connectivity index is 1.88. The van der Waals surface area contributed by atoms with E-state index in [0.717, 1.165) is 13.1 Å². The van der Waals surface area contributed by atoms with Crippen LogP contribution in [0, 0.1) is 0 Å². The van der Waals surface area contributed by atoms with Gasteiger partial charge in [-0.2, -0.15) is 0 Å². The maximum absolute atomic E-state index is 5.81. The van der Waals surface area contributed by atoms with Crippen molar-refractivity contribution >= 4 is 22.9 Å². The molecule has 1 aliphatic rings. The maximum atomic E-state index is 5.81. The molecule has 0 aliphatic carbocycles. The predicted octanol–water partition coefficient (Wildman–Crippen LogP) is 1.98. The fraction of sp³-hybridized carbons (Fsp3) is 0.700. The van der Waals surface area contributed by atoms with Crippen molar-refractivity contribution in [1.82, 2.24) is 15.2 Å². The first kappa shape index (κ1) is 11.3. The highest BCUT2D eigenvalue weighted by atomic mass is 35.5. The number of likely N-dealkylation sites (tertiary alicyclic amines) is 1. The molecule has 0 aromatic carbocycles. The van der Waals surface area contributed by atoms with Crippen molar-refractivity contribution in [3.05, 3.63) is 15.5 Å². The monoisotopic (exact) mass is 245 g/mol. The summed E-state index contributed by atoms with van der Waals surface area (Å²) >= 11 is 7.39. The van der Waals surface area contributed by atoms with Crippen molar-refractivity contribution in [3.8, 4) is 0 Å². The van der Waals surface area contributed by atoms with Gasteiger partial charge in [0.15, 0.2) is 4.47 Å². The number of nitrogens with one attached hydrogen (secondary N) is 1. The number of rotatable bonds is 3. The number of thiazole rings is 1. The fourth-order valence-corrected chi connectivity index (χ4v) is 3.03. The van der Waals surface area contributed by atoms with Gasteiger partial charge in [-0.3, -0.25) is 4.90 Å². The molecule has 1 atom stereocenters. The lowest BCUT2D eigenvalue weighted by Crippen LogP contribution is -2.43. The molecule has 3 nitrogen and oxygen atoms in total. The van der Waals surface area contributed by atoms with Crippen molar-refractivity contribution in [2.75, 3.05) is 20.1 Å². The summed E-state index contributed by atoms with van der Waals surface area (Å²) in [5, 5.41) is 3.34. The Morgan fingerprint density at radius 3 is 3.27 bits per heavy atom. The predicted molar refractivity (Wildman–Crippen MR) is 64.5 cm³/mol. The van der Waals surface area contributed by atoms with E-state index in [2.05, 4.69) is 15.2 Å². The number of likely N-dealkylation sites (N-methyl/N-ethyl adjacent to an activating group) is 1. The van der Waals surface area contributed by atoms with E-state index in [0.29, 0.717) is 10.5 Å². The van der Waals surface area contributed by atoms with Gasteiger partial charge in [-0.15, -0.1) is 11.3 Å². The van der Waals surface area contributed by atoms with E-state index < -0.39 is 0 Å². The van der Waals surface area contributed by atoms with Gasteiger partial charge in [0, 0.05) is 30.2 Å². The molecule has 2 rings (SSSR count). The zero-order chi connectivity index (χ0) is 10.7. The Labute approximate surface area is 99.5 Å². The SMILES string of the molecule is CN[C@H]1CCCN(Cc2cnc(Cl)s2)C1. The third kappa shape index (κ3) is 3.14. The van der Waals surface area contributed by atoms with Crippen molar-refractivity contribution < 1.29 is 0 Å². The fourth-order valence-electron chi connectivity index (χ4n) is 2.01. The van der Waals surface area contributed by atoms with Crippen molar-refractivity contribution in [2.45, 2.75) is 25.4 Å². The van der Waals surface area contributed by atoms with E-state index in [9.17, 15) is 0 Å². The van der Waals surface area contributed by atoms with Crippen LogP contribution >= 0.6 is 22.9 Å². The zero-order valence-electron chi connectivity index (χ0n) is 8.87. The minimum absolute atomic E-state index is 0.641. The van der Waals surface area contributed by atoms with Crippen LogP contribution < -0.4 is 5.32 Å². The Kier molecular flexibility index (Phi) is 3.97. The minimum Gasteiger partial charge on any atom is -0.316 e. The molecule has 2 heterocycles. The summed E-state index contributed by atoms with van der Waals surface area (Å²) in [5.41, 5.74) is 0. The molecular formula is C10H16ClN3S. The van der Waals surface area contributed by atoms with Gasteiger partial charge in [0.05, 0.1) is 0 Å². The number of halogens is 1. The summed E-state index contributed by atoms with van der Waals surface area (Å²) in [7, 11) is 2.04. The number of hydrogen-bond acceptors (Lipinski definition) is 4. The first-order chi connectivity index (χ1) is 7.28. The normalized spacial score (nSPS) is 23.2. The van der Waals surface area contributed by atoms with Gasteiger partial charge in [0.2, 0.25) is 0 Å². The first-order valence-corrected chi connectivity index (χ1v) is 6.47. The van der Waals surface area contributed by atoms with Crippen molar-refractivity contribution in [1.29, 1.82) is 0 Å². The lowest BCUT2D eigenvalue weighted by molar-refractivity contribution is 0.189. The molecule has 84 valence electrons. The number of nitrogens with zero attached hydrogens (tertiary/aromatic N) is 2. The zero-order valence-corrected chi connectivity index (χ0v) is 10.4. The average Bonchev–Trinajstić information content (AvgIpc) is 2.64. The highest BCUT2D eigenvalue weighted by Crippen LogP contribution is 2.21. The van der Waals surface area contributed by atoms with E-state index >= 15 is 0 Å². The molecule has 1 aromatic heterocycles. The van der Waals surface area contributed by atoms with E-state index in [1.807, 2.05) is 13.2 Å². The molecule has 0 unspecified atom stereocenters. The van der Waals surface area contributed by atoms with E-state index in [1.165, 1.54) is 24.3 Å². The molecule has 0 amide bonds. The van der Waals surface area contributed by atoms with E-state index in [4.69, 9.17) is 11.6 Å². The smallest absolute Gasteiger partial charge is 0.183 e.